The van der Waals surface area contributed by atoms with E-state index in [-0.39, 0.29) is 22.3 Å². The van der Waals surface area contributed by atoms with Gasteiger partial charge in [0.05, 0.1) is 0 Å². The van der Waals surface area contributed by atoms with Crippen LogP contribution in [-0.4, -0.2) is 0 Å². The van der Waals surface area contributed by atoms with Crippen molar-refractivity contribution in [3.8, 4) is 11.1 Å². The van der Waals surface area contributed by atoms with E-state index in [1.54, 1.807) is 13.0 Å². The molecule has 0 amide bonds. The van der Waals surface area contributed by atoms with Crippen LogP contribution in [0.2, 0.25) is 0 Å². The van der Waals surface area contributed by atoms with Gasteiger partial charge in [-0.3, -0.25) is 0 Å². The molecule has 0 aromatic heterocycles. The topological polar surface area (TPSA) is 0 Å². The molecule has 2 aromatic carbocycles. The van der Waals surface area contributed by atoms with Crippen molar-refractivity contribution in [2.75, 3.05) is 0 Å². The largest absolute Gasteiger partial charge is 0.0614 e. The highest BCUT2D eigenvalue weighted by Gasteiger charge is 2.17. The zero-order valence-corrected chi connectivity index (χ0v) is 12.4. The van der Waals surface area contributed by atoms with E-state index in [0.29, 0.717) is 16.7 Å². The summed E-state index contributed by atoms with van der Waals surface area (Å²) >= 11 is 0. The van der Waals surface area contributed by atoms with Gasteiger partial charge < -0.3 is 0 Å². The van der Waals surface area contributed by atoms with Gasteiger partial charge in [0, 0.05) is 12.3 Å². The molecule has 0 saturated heterocycles. The number of aryl methyl sites for hydroxylation is 3. The lowest BCUT2D eigenvalue weighted by molar-refractivity contribution is 0.589. The number of benzene rings is 2. The smallest absolute Gasteiger partial charge is 0.0280 e. The molecule has 20 heavy (non-hydrogen) atoms. The normalized spacial score (nSPS) is 20.3. The van der Waals surface area contributed by atoms with E-state index >= 15 is 0 Å². The Morgan fingerprint density at radius 2 is 1.50 bits per heavy atom. The Balaban J connectivity index is 3.06. The first kappa shape index (κ1) is 6.93. The molecule has 0 aliphatic heterocycles. The fourth-order valence-electron chi connectivity index (χ4n) is 2.27. The Bertz CT molecular complexity index is 873. The first-order valence-electron chi connectivity index (χ1n) is 11.1. The summed E-state index contributed by atoms with van der Waals surface area (Å²) in [6.45, 7) is -0.301. The van der Waals surface area contributed by atoms with Gasteiger partial charge in [0.2, 0.25) is 0 Å². The number of rotatable bonds is 1. The predicted molar refractivity (Wildman–Crippen MR) is 89.5 cm³/mol. The zero-order chi connectivity index (χ0) is 22.6. The highest BCUT2D eigenvalue weighted by atomic mass is 14.2. The molecule has 0 heterocycles. The molecule has 2 aromatic rings. The highest BCUT2D eigenvalue weighted by Crippen LogP contribution is 2.34. The first-order valence-corrected chi connectivity index (χ1v) is 6.65. The quantitative estimate of drug-likeness (QED) is 0.609. The van der Waals surface area contributed by atoms with Gasteiger partial charge in [-0.25, -0.2) is 0 Å². The van der Waals surface area contributed by atoms with Crippen LogP contribution in [0.25, 0.3) is 11.1 Å². The van der Waals surface area contributed by atoms with E-state index in [9.17, 15) is 0 Å². The molecule has 0 radical (unpaired) electrons. The summed E-state index contributed by atoms with van der Waals surface area (Å²) in [4.78, 5) is 0. The van der Waals surface area contributed by atoms with Crippen LogP contribution in [0.15, 0.2) is 30.3 Å². The van der Waals surface area contributed by atoms with Crippen LogP contribution in [0.4, 0.5) is 0 Å². The van der Waals surface area contributed by atoms with Crippen LogP contribution in [0.1, 0.15) is 60.9 Å². The third-order valence-corrected chi connectivity index (χ3v) is 3.61. The van der Waals surface area contributed by atoms with Crippen molar-refractivity contribution in [3.05, 3.63) is 58.1 Å². The molecule has 0 fully saturated rings. The molecule has 2 rings (SSSR count). The highest BCUT2D eigenvalue weighted by molar-refractivity contribution is 5.75. The summed E-state index contributed by atoms with van der Waals surface area (Å²) in [6, 6.07) is 7.62. The minimum atomic E-state index is -2.57. The van der Waals surface area contributed by atoms with E-state index in [4.69, 9.17) is 12.3 Å². The lowest BCUT2D eigenvalue weighted by Gasteiger charge is -2.23. The molecule has 0 spiro atoms. The van der Waals surface area contributed by atoms with Crippen molar-refractivity contribution in [2.24, 2.45) is 0 Å². The molecule has 0 bridgehead atoms. The second-order valence-corrected chi connectivity index (χ2v) is 6.17. The van der Waals surface area contributed by atoms with E-state index in [1.165, 1.54) is 24.3 Å². The summed E-state index contributed by atoms with van der Waals surface area (Å²) < 4.78 is 71.6. The third-order valence-electron chi connectivity index (χ3n) is 3.61. The first-order chi connectivity index (χ1) is 12.8. The molecule has 0 nitrogen and oxygen atoms in total. The van der Waals surface area contributed by atoms with Crippen LogP contribution in [0, 0.1) is 27.5 Å². The Kier molecular flexibility index (Phi) is 1.76. The molecule has 0 aliphatic carbocycles. The number of hydrogen-bond acceptors (Lipinski definition) is 0. The van der Waals surface area contributed by atoms with Gasteiger partial charge in [0.25, 0.3) is 0 Å². The Morgan fingerprint density at radius 3 is 2.00 bits per heavy atom. The average Bonchev–Trinajstić information content (AvgIpc) is 2.50. The lowest BCUT2D eigenvalue weighted by atomic mass is 9.82. The van der Waals surface area contributed by atoms with Gasteiger partial charge in [-0.05, 0) is 71.8 Å². The van der Waals surface area contributed by atoms with Gasteiger partial charge in [0.15, 0.2) is 0 Å². The van der Waals surface area contributed by atoms with E-state index in [2.05, 4.69) is 0 Å². The van der Waals surface area contributed by atoms with Crippen LogP contribution in [-0.2, 0) is 5.41 Å². The summed E-state index contributed by atoms with van der Waals surface area (Å²) in [7, 11) is 0. The summed E-state index contributed by atoms with van der Waals surface area (Å²) in [5.41, 5.74) is 0.785. The van der Waals surface area contributed by atoms with Gasteiger partial charge in [0.1, 0.15) is 0 Å². The molecule has 0 atom stereocenters. The summed E-state index contributed by atoms with van der Waals surface area (Å²) in [6.07, 6.45) is 0. The average molecular weight is 275 g/mol. The van der Waals surface area contributed by atoms with Crippen LogP contribution >= 0.6 is 0 Å². The maximum Gasteiger partial charge on any atom is 0.0280 e. The van der Waals surface area contributed by atoms with E-state index in [1.807, 2.05) is 20.8 Å². The van der Waals surface area contributed by atoms with Crippen LogP contribution in [0.5, 0.6) is 0 Å². The molecular formula is C20H26. The Hall–Kier alpha value is -1.56. The van der Waals surface area contributed by atoms with Gasteiger partial charge in [-0.1, -0.05) is 51.1 Å². The molecule has 106 valence electrons. The van der Waals surface area contributed by atoms with E-state index < -0.39 is 26.0 Å². The van der Waals surface area contributed by atoms with Gasteiger partial charge in [-0.15, -0.1) is 0 Å². The molecule has 0 N–H and O–H groups in total. The van der Waals surface area contributed by atoms with Crippen LogP contribution in [0.3, 0.4) is 0 Å². The van der Waals surface area contributed by atoms with Crippen molar-refractivity contribution in [3.63, 3.8) is 0 Å². The monoisotopic (exact) mass is 275 g/mol. The summed E-state index contributed by atoms with van der Waals surface area (Å²) in [5.74, 6) is 0. The Labute approximate surface area is 136 Å². The SMILES string of the molecule is [2H]C([2H])([2H])c1cccc(-c2c(C([2H])([2H])[2H])cc(C(C)(C)C)cc2C([2H])([2H])[2H])c1C. The van der Waals surface area contributed by atoms with Gasteiger partial charge in [-0.2, -0.15) is 0 Å². The second-order valence-electron chi connectivity index (χ2n) is 6.17. The fraction of sp³-hybridized carbons (Fsp3) is 0.400. The fourth-order valence-corrected chi connectivity index (χ4v) is 2.27. The van der Waals surface area contributed by atoms with Crippen molar-refractivity contribution < 1.29 is 12.3 Å². The molecule has 0 aliphatic rings. The van der Waals surface area contributed by atoms with Crippen molar-refractivity contribution in [2.45, 2.75) is 53.7 Å². The third kappa shape index (κ3) is 2.65. The van der Waals surface area contributed by atoms with Crippen molar-refractivity contribution >= 4 is 0 Å². The van der Waals surface area contributed by atoms with E-state index in [0.717, 1.165) is 0 Å². The minimum absolute atomic E-state index is 0.0709. The Morgan fingerprint density at radius 1 is 0.900 bits per heavy atom. The zero-order valence-electron chi connectivity index (χ0n) is 21.4. The molecule has 0 unspecified atom stereocenters. The number of hydrogen-bond donors (Lipinski definition) is 0. The maximum atomic E-state index is 8.05. The molecule has 0 saturated carbocycles. The maximum absolute atomic E-state index is 8.05. The second kappa shape index (κ2) is 5.09. The van der Waals surface area contributed by atoms with Crippen molar-refractivity contribution in [1.82, 2.24) is 0 Å². The van der Waals surface area contributed by atoms with Crippen LogP contribution < -0.4 is 0 Å². The van der Waals surface area contributed by atoms with Crippen molar-refractivity contribution in [1.29, 1.82) is 0 Å². The standard InChI is InChI=1S/C20H26/c1-13-9-8-10-18(16(13)4)19-14(2)11-17(12-15(19)3)20(5,6)7/h8-12H,1-7H3/i1D3,2D3,3D3. The molecular weight excluding hydrogens is 240 g/mol. The minimum Gasteiger partial charge on any atom is -0.0614 e. The predicted octanol–water partition coefficient (Wildman–Crippen LogP) is 5.88. The summed E-state index contributed by atoms with van der Waals surface area (Å²) in [5, 5.41) is 0. The van der Waals surface area contributed by atoms with Gasteiger partial charge >= 0.3 is 0 Å². The molecule has 0 heteroatoms. The lowest BCUT2D eigenvalue weighted by Crippen LogP contribution is -2.12.